The zero-order chi connectivity index (χ0) is 13.9. The van der Waals surface area contributed by atoms with E-state index >= 15 is 0 Å². The molecular weight excluding hydrogens is 241 g/mol. The molecule has 2 N–H and O–H groups in total. The normalized spacial score (nSPS) is 14.3. The minimum absolute atomic E-state index is 0.268. The zero-order valence-corrected chi connectivity index (χ0v) is 11.4. The van der Waals surface area contributed by atoms with Gasteiger partial charge >= 0.3 is 0 Å². The van der Waals surface area contributed by atoms with E-state index in [-0.39, 0.29) is 5.82 Å². The van der Waals surface area contributed by atoms with Crippen LogP contribution < -0.4 is 5.73 Å². The molecule has 2 aromatic rings. The first-order valence-electron chi connectivity index (χ1n) is 6.68. The first-order valence-corrected chi connectivity index (χ1v) is 6.68. The van der Waals surface area contributed by atoms with Crippen LogP contribution in [-0.4, -0.2) is 9.78 Å². The number of halogens is 1. The Hall–Kier alpha value is -1.68. The Labute approximate surface area is 113 Å². The van der Waals surface area contributed by atoms with Crippen molar-refractivity contribution in [3.63, 3.8) is 0 Å². The van der Waals surface area contributed by atoms with Gasteiger partial charge in [-0.3, -0.25) is 4.68 Å². The molecule has 19 heavy (non-hydrogen) atoms. The van der Waals surface area contributed by atoms with Gasteiger partial charge in [-0.2, -0.15) is 5.10 Å². The van der Waals surface area contributed by atoms with E-state index in [0.717, 1.165) is 18.5 Å². The summed E-state index contributed by atoms with van der Waals surface area (Å²) in [6.45, 7) is 4.90. The summed E-state index contributed by atoms with van der Waals surface area (Å²) < 4.78 is 15.9. The number of rotatable bonds is 5. The summed E-state index contributed by atoms with van der Waals surface area (Å²) in [7, 11) is 0. The molecule has 0 spiro atoms. The van der Waals surface area contributed by atoms with Crippen LogP contribution in [0.2, 0.25) is 0 Å². The van der Waals surface area contributed by atoms with Crippen molar-refractivity contribution in [2.24, 2.45) is 5.73 Å². The number of benzene rings is 1. The number of aryl methyl sites for hydroxylation is 1. The van der Waals surface area contributed by atoms with Crippen LogP contribution >= 0.6 is 0 Å². The smallest absolute Gasteiger partial charge is 0.128 e. The predicted molar refractivity (Wildman–Crippen MR) is 74.2 cm³/mol. The van der Waals surface area contributed by atoms with Crippen LogP contribution in [0.3, 0.4) is 0 Å². The van der Waals surface area contributed by atoms with Crippen molar-refractivity contribution in [2.45, 2.75) is 38.8 Å². The number of aromatic nitrogens is 2. The lowest BCUT2D eigenvalue weighted by Gasteiger charge is -2.28. The maximum Gasteiger partial charge on any atom is 0.128 e. The Morgan fingerprint density at radius 1 is 1.32 bits per heavy atom. The van der Waals surface area contributed by atoms with Gasteiger partial charge in [-0.05, 0) is 18.9 Å². The van der Waals surface area contributed by atoms with E-state index in [1.165, 1.54) is 6.07 Å². The van der Waals surface area contributed by atoms with Crippen LogP contribution in [0, 0.1) is 5.82 Å². The molecule has 0 aliphatic heterocycles. The molecule has 1 unspecified atom stereocenters. The van der Waals surface area contributed by atoms with Gasteiger partial charge in [-0.1, -0.05) is 32.0 Å². The molecule has 0 fully saturated rings. The summed E-state index contributed by atoms with van der Waals surface area (Å²) in [6.07, 6.45) is 5.28. The van der Waals surface area contributed by atoms with Crippen molar-refractivity contribution in [2.75, 3.05) is 0 Å². The lowest BCUT2D eigenvalue weighted by molar-refractivity contribution is 0.478. The standard InChI is InChI=1S/C15H20FN3/c1-3-9-19-11-12(10-18-19)15(17,4-2)13-7-5-6-8-14(13)16/h5-8,10-11H,3-4,9,17H2,1-2H3. The largest absolute Gasteiger partial charge is 0.318 e. The third-order valence-corrected chi connectivity index (χ3v) is 3.51. The second kappa shape index (κ2) is 5.53. The molecule has 1 heterocycles. The van der Waals surface area contributed by atoms with Gasteiger partial charge in [0, 0.05) is 23.9 Å². The fraction of sp³-hybridized carbons (Fsp3) is 0.400. The predicted octanol–water partition coefficient (Wildman–Crippen LogP) is 3.04. The van der Waals surface area contributed by atoms with Gasteiger partial charge in [0.05, 0.1) is 11.7 Å². The highest BCUT2D eigenvalue weighted by Gasteiger charge is 2.31. The third-order valence-electron chi connectivity index (χ3n) is 3.51. The van der Waals surface area contributed by atoms with Crippen LogP contribution in [0.4, 0.5) is 4.39 Å². The molecular formula is C15H20FN3. The first kappa shape index (κ1) is 13.7. The highest BCUT2D eigenvalue weighted by atomic mass is 19.1. The Morgan fingerprint density at radius 2 is 2.05 bits per heavy atom. The highest BCUT2D eigenvalue weighted by Crippen LogP contribution is 2.31. The number of hydrogen-bond donors (Lipinski definition) is 1. The van der Waals surface area contributed by atoms with Gasteiger partial charge in [0.1, 0.15) is 5.82 Å². The van der Waals surface area contributed by atoms with Gasteiger partial charge < -0.3 is 5.73 Å². The molecule has 0 bridgehead atoms. The van der Waals surface area contributed by atoms with E-state index in [2.05, 4.69) is 12.0 Å². The summed E-state index contributed by atoms with van der Waals surface area (Å²) in [5.41, 5.74) is 7.01. The average molecular weight is 261 g/mol. The lowest BCUT2D eigenvalue weighted by atomic mass is 9.83. The van der Waals surface area contributed by atoms with Crippen molar-refractivity contribution < 1.29 is 4.39 Å². The van der Waals surface area contributed by atoms with Crippen molar-refractivity contribution >= 4 is 0 Å². The monoisotopic (exact) mass is 261 g/mol. The second-order valence-electron chi connectivity index (χ2n) is 4.80. The van der Waals surface area contributed by atoms with Gasteiger partial charge in [-0.25, -0.2) is 4.39 Å². The number of nitrogens with zero attached hydrogens (tertiary/aromatic N) is 2. The van der Waals surface area contributed by atoms with Gasteiger partial charge in [0.2, 0.25) is 0 Å². The third kappa shape index (κ3) is 2.54. The van der Waals surface area contributed by atoms with Crippen molar-refractivity contribution in [3.8, 4) is 0 Å². The fourth-order valence-corrected chi connectivity index (χ4v) is 2.32. The molecule has 0 saturated carbocycles. The molecule has 0 aliphatic carbocycles. The van der Waals surface area contributed by atoms with E-state index in [1.54, 1.807) is 18.3 Å². The van der Waals surface area contributed by atoms with Gasteiger partial charge in [0.15, 0.2) is 0 Å². The van der Waals surface area contributed by atoms with Gasteiger partial charge in [0.25, 0.3) is 0 Å². The average Bonchev–Trinajstić information content (AvgIpc) is 2.88. The minimum atomic E-state index is -0.822. The summed E-state index contributed by atoms with van der Waals surface area (Å²) in [5, 5.41) is 4.29. The number of nitrogens with two attached hydrogens (primary N) is 1. The summed E-state index contributed by atoms with van der Waals surface area (Å²) in [6, 6.07) is 6.68. The van der Waals surface area contributed by atoms with E-state index < -0.39 is 5.54 Å². The molecule has 2 rings (SSSR count). The first-order chi connectivity index (χ1) is 9.11. The Kier molecular flexibility index (Phi) is 4.00. The van der Waals surface area contributed by atoms with E-state index in [9.17, 15) is 4.39 Å². The molecule has 102 valence electrons. The Balaban J connectivity index is 2.44. The quantitative estimate of drug-likeness (QED) is 0.899. The summed E-state index contributed by atoms with van der Waals surface area (Å²) in [5.74, 6) is -0.268. The van der Waals surface area contributed by atoms with Crippen LogP contribution in [0.5, 0.6) is 0 Å². The molecule has 0 aliphatic rings. The lowest BCUT2D eigenvalue weighted by Crippen LogP contribution is -2.37. The van der Waals surface area contributed by atoms with E-state index in [4.69, 9.17) is 5.73 Å². The Morgan fingerprint density at radius 3 is 2.68 bits per heavy atom. The number of hydrogen-bond acceptors (Lipinski definition) is 2. The minimum Gasteiger partial charge on any atom is -0.318 e. The second-order valence-corrected chi connectivity index (χ2v) is 4.80. The maximum atomic E-state index is 14.0. The fourth-order valence-electron chi connectivity index (χ4n) is 2.32. The molecule has 1 aromatic carbocycles. The molecule has 1 aromatic heterocycles. The topological polar surface area (TPSA) is 43.8 Å². The summed E-state index contributed by atoms with van der Waals surface area (Å²) >= 11 is 0. The van der Waals surface area contributed by atoms with Crippen LogP contribution in [0.15, 0.2) is 36.7 Å². The molecule has 1 atom stereocenters. The molecule has 0 amide bonds. The zero-order valence-electron chi connectivity index (χ0n) is 11.4. The molecule has 4 heteroatoms. The van der Waals surface area contributed by atoms with E-state index in [1.807, 2.05) is 23.9 Å². The molecule has 0 saturated heterocycles. The van der Waals surface area contributed by atoms with Crippen LogP contribution in [0.1, 0.15) is 37.8 Å². The SMILES string of the molecule is CCCn1cc(C(N)(CC)c2ccccc2F)cn1. The Bertz CT molecular complexity index is 550. The van der Waals surface area contributed by atoms with E-state index in [0.29, 0.717) is 12.0 Å². The van der Waals surface area contributed by atoms with Crippen molar-refractivity contribution in [1.29, 1.82) is 0 Å². The van der Waals surface area contributed by atoms with Gasteiger partial charge in [-0.15, -0.1) is 0 Å². The van der Waals surface area contributed by atoms with Crippen LogP contribution in [0.25, 0.3) is 0 Å². The summed E-state index contributed by atoms with van der Waals surface area (Å²) in [4.78, 5) is 0. The maximum absolute atomic E-state index is 14.0. The molecule has 3 nitrogen and oxygen atoms in total. The highest BCUT2D eigenvalue weighted by molar-refractivity contribution is 5.36. The van der Waals surface area contributed by atoms with Crippen molar-refractivity contribution in [1.82, 2.24) is 9.78 Å². The molecule has 0 radical (unpaired) electrons. The van der Waals surface area contributed by atoms with Crippen molar-refractivity contribution in [3.05, 3.63) is 53.6 Å². The van der Waals surface area contributed by atoms with Crippen LogP contribution in [-0.2, 0) is 12.1 Å².